The van der Waals surface area contributed by atoms with Gasteiger partial charge in [0.05, 0.1) is 0 Å². The number of rotatable bonds is 0. The second kappa shape index (κ2) is 3000. The van der Waals surface area contributed by atoms with E-state index in [1.807, 2.05) is 0 Å². The molecule has 0 spiro atoms. The van der Waals surface area contributed by atoms with E-state index < -0.39 is 0 Å². The van der Waals surface area contributed by atoms with E-state index >= 15 is 0 Å². The van der Waals surface area contributed by atoms with Gasteiger partial charge in [0.25, 0.3) is 0 Å². The van der Waals surface area contributed by atoms with Crippen molar-refractivity contribution in [2.75, 3.05) is 0 Å². The van der Waals surface area contributed by atoms with Crippen LogP contribution in [0.5, 0.6) is 0 Å². The van der Waals surface area contributed by atoms with E-state index in [1.54, 1.807) is 0 Å². The van der Waals surface area contributed by atoms with Crippen LogP contribution in [0.15, 0.2) is 0 Å². The molecule has 0 fully saturated rings. The molecular formula is H26Al2O10. The van der Waals surface area contributed by atoms with Gasteiger partial charge in [-0.05, 0) is 0 Å². The lowest BCUT2D eigenvalue weighted by atomic mass is 16.0. The second-order valence-corrected chi connectivity index (χ2v) is 0. The molecule has 0 aromatic heterocycles. The van der Waals surface area contributed by atoms with Crippen molar-refractivity contribution in [3.63, 3.8) is 0 Å². The van der Waals surface area contributed by atoms with Gasteiger partial charge < -0.3 is 54.8 Å². The third-order valence-electron chi connectivity index (χ3n) is 0. The van der Waals surface area contributed by atoms with Gasteiger partial charge in [-0.2, -0.15) is 0 Å². The maximum Gasteiger partial charge on any atom is 0.187 e. The number of hydrogen-bond acceptors (Lipinski definition) is 0. The average molecular weight is 240 g/mol. The molecule has 0 saturated carbocycles. The SMILES string of the molecule is O.O.O.O.O.O.O.O.O.O.[AlH3].[AlH3]. The van der Waals surface area contributed by atoms with Crippen LogP contribution < -0.4 is 0 Å². The Bertz CT molecular complexity index is 7.80. The molecule has 12 heteroatoms. The molecular weight excluding hydrogens is 214 g/mol. The van der Waals surface area contributed by atoms with Crippen molar-refractivity contribution in [1.29, 1.82) is 0 Å². The molecule has 0 aliphatic rings. The summed E-state index contributed by atoms with van der Waals surface area (Å²) in [5, 5.41) is 0. The highest BCUT2D eigenvalue weighted by molar-refractivity contribution is 5.76. The molecule has 0 bridgehead atoms. The van der Waals surface area contributed by atoms with Crippen molar-refractivity contribution in [1.82, 2.24) is 0 Å². The van der Waals surface area contributed by atoms with Crippen LogP contribution in [-0.2, 0) is 0 Å². The summed E-state index contributed by atoms with van der Waals surface area (Å²) in [6.45, 7) is 0. The summed E-state index contributed by atoms with van der Waals surface area (Å²) in [6.07, 6.45) is 0. The molecule has 92 valence electrons. The van der Waals surface area contributed by atoms with Crippen molar-refractivity contribution in [2.24, 2.45) is 0 Å². The average Bonchev–Trinajstić information content (AvgIpc) is 0. The van der Waals surface area contributed by atoms with Crippen LogP contribution in [0.2, 0.25) is 0 Å². The first kappa shape index (κ1) is 3900. The fourth-order valence-corrected chi connectivity index (χ4v) is 0. The highest BCUT2D eigenvalue weighted by atomic mass is 27.0. The topological polar surface area (TPSA) is 315 Å². The summed E-state index contributed by atoms with van der Waals surface area (Å²) in [5.41, 5.74) is 0. The maximum absolute atomic E-state index is 0. The molecule has 0 aliphatic carbocycles. The Labute approximate surface area is 89.9 Å². The molecule has 10 nitrogen and oxygen atoms in total. The Morgan fingerprint density at radius 3 is 0.167 bits per heavy atom. The van der Waals surface area contributed by atoms with Gasteiger partial charge >= 0.3 is 0 Å². The quantitative estimate of drug-likeness (QED) is 0.355. The normalized spacial score (nSPS) is 0. The smallest absolute Gasteiger partial charge is 0.187 e. The molecule has 0 heterocycles. The summed E-state index contributed by atoms with van der Waals surface area (Å²) >= 11 is 0. The number of hydrogen-bond donors (Lipinski definition) is 0. The van der Waals surface area contributed by atoms with Crippen molar-refractivity contribution in [3.8, 4) is 0 Å². The van der Waals surface area contributed by atoms with Gasteiger partial charge in [-0.15, -0.1) is 0 Å². The van der Waals surface area contributed by atoms with Gasteiger partial charge in [0.2, 0.25) is 0 Å². The second-order valence-electron chi connectivity index (χ2n) is 0. The van der Waals surface area contributed by atoms with Gasteiger partial charge in [-0.1, -0.05) is 0 Å². The summed E-state index contributed by atoms with van der Waals surface area (Å²) in [7, 11) is 0. The summed E-state index contributed by atoms with van der Waals surface area (Å²) in [4.78, 5) is 0. The molecule has 0 aliphatic heterocycles. The first-order valence-corrected chi connectivity index (χ1v) is 0. The lowest BCUT2D eigenvalue weighted by Crippen LogP contribution is -0.382. The van der Waals surface area contributed by atoms with E-state index in [0.29, 0.717) is 0 Å². The molecule has 0 atom stereocenters. The van der Waals surface area contributed by atoms with Crippen LogP contribution in [0.1, 0.15) is 0 Å². The van der Waals surface area contributed by atoms with Gasteiger partial charge in [0, 0.05) is 0 Å². The van der Waals surface area contributed by atoms with Crippen molar-refractivity contribution >= 4 is 34.7 Å². The summed E-state index contributed by atoms with van der Waals surface area (Å²) in [6, 6.07) is 0. The van der Waals surface area contributed by atoms with Crippen molar-refractivity contribution in [2.45, 2.75) is 0 Å². The zero-order valence-electron chi connectivity index (χ0n) is 5.00. The minimum Gasteiger partial charge on any atom is -0.412 e. The standard InChI is InChI=1S/2Al.10H2O.6H/h;;10*1H2;;;;;;. The van der Waals surface area contributed by atoms with E-state index in [2.05, 4.69) is 0 Å². The zero-order chi connectivity index (χ0) is 0. The molecule has 0 aromatic carbocycles. The molecule has 12 heavy (non-hydrogen) atoms. The van der Waals surface area contributed by atoms with Crippen LogP contribution in [0.4, 0.5) is 0 Å². The molecule has 0 rings (SSSR count). The summed E-state index contributed by atoms with van der Waals surface area (Å²) in [5.74, 6) is 0. The highest BCUT2D eigenvalue weighted by Gasteiger charge is 0.188. The fourth-order valence-electron chi connectivity index (χ4n) is 0. The first-order valence-electron chi connectivity index (χ1n) is 0. The fraction of sp³-hybridized carbons (Fsp3) is 0. The molecule has 0 radical (unpaired) electrons. The third-order valence-corrected chi connectivity index (χ3v) is 0. The van der Waals surface area contributed by atoms with Crippen molar-refractivity contribution < 1.29 is 54.8 Å². The molecule has 0 unspecified atom stereocenters. The Morgan fingerprint density at radius 1 is 0.167 bits per heavy atom. The Hall–Kier alpha value is 0.665. The highest BCUT2D eigenvalue weighted by Crippen LogP contribution is -0.280. The Balaban J connectivity index is 0. The monoisotopic (exact) mass is 240 g/mol. The van der Waals surface area contributed by atoms with E-state index in [9.17, 15) is 0 Å². The maximum atomic E-state index is 0. The van der Waals surface area contributed by atoms with E-state index in [-0.39, 0.29) is 89.5 Å². The minimum atomic E-state index is 0. The van der Waals surface area contributed by atoms with Gasteiger partial charge in [-0.3, -0.25) is 0 Å². The van der Waals surface area contributed by atoms with E-state index in [0.717, 1.165) is 0 Å². The van der Waals surface area contributed by atoms with Gasteiger partial charge in [-0.25, -0.2) is 0 Å². The molecule has 0 aromatic rings. The van der Waals surface area contributed by atoms with Gasteiger partial charge in [0.1, 0.15) is 0 Å². The van der Waals surface area contributed by atoms with E-state index in [4.69, 9.17) is 0 Å². The van der Waals surface area contributed by atoms with Crippen LogP contribution in [-0.4, -0.2) is 89.5 Å². The lowest BCUT2D eigenvalue weighted by molar-refractivity contribution is 0.823. The van der Waals surface area contributed by atoms with Crippen LogP contribution in [0, 0.1) is 0 Å². The van der Waals surface area contributed by atoms with Gasteiger partial charge in [0.15, 0.2) is 34.7 Å². The minimum absolute atomic E-state index is 0. The molecule has 0 saturated heterocycles. The van der Waals surface area contributed by atoms with Crippen LogP contribution in [0.3, 0.4) is 0 Å². The van der Waals surface area contributed by atoms with Crippen LogP contribution in [0.25, 0.3) is 0 Å². The largest absolute Gasteiger partial charge is 0.412 e. The third kappa shape index (κ3) is 2250. The lowest BCUT2D eigenvalue weighted by Gasteiger charge is -0.413. The summed E-state index contributed by atoms with van der Waals surface area (Å²) < 4.78 is 0. The van der Waals surface area contributed by atoms with Crippen LogP contribution >= 0.6 is 0 Å². The molecule has 0 amide bonds. The van der Waals surface area contributed by atoms with E-state index in [1.165, 1.54) is 0 Å². The predicted octanol–water partition coefficient (Wildman–Crippen LogP) is -10.6. The van der Waals surface area contributed by atoms with Crippen molar-refractivity contribution in [3.05, 3.63) is 0 Å². The zero-order valence-corrected chi connectivity index (χ0v) is 5.00. The molecule has 20 N–H and O–H groups in total. The first-order chi connectivity index (χ1) is 0. The predicted molar refractivity (Wildman–Crippen MR) is 56.0 cm³/mol. The Morgan fingerprint density at radius 2 is 0.167 bits per heavy atom. The Kier molecular flexibility index (Phi) is 975000.